The molecule has 0 fully saturated rings. The fraction of sp³-hybridized carbons (Fsp3) is 0.214. The Labute approximate surface area is 136 Å². The van der Waals surface area contributed by atoms with E-state index in [-0.39, 0.29) is 18.1 Å². The van der Waals surface area contributed by atoms with Crippen LogP contribution in [-0.4, -0.2) is 28.0 Å². The zero-order valence-corrected chi connectivity index (χ0v) is 13.3. The van der Waals surface area contributed by atoms with Crippen molar-refractivity contribution in [3.63, 3.8) is 0 Å². The number of ether oxygens (including phenoxy) is 1. The maximum absolute atomic E-state index is 12.3. The van der Waals surface area contributed by atoms with Crippen molar-refractivity contribution in [1.29, 1.82) is 0 Å². The molecular formula is C14H14F2N2O5S. The SMILES string of the molecule is CNS(=O)(=O)c1ccc(C(=O)NCc2ccccc2OC(F)F)o1. The average molecular weight is 360 g/mol. The van der Waals surface area contributed by atoms with E-state index in [1.54, 1.807) is 6.07 Å². The number of hydrogen-bond acceptors (Lipinski definition) is 5. The Morgan fingerprint density at radius 2 is 1.96 bits per heavy atom. The molecule has 1 aromatic heterocycles. The van der Waals surface area contributed by atoms with Crippen LogP contribution in [0.1, 0.15) is 16.1 Å². The van der Waals surface area contributed by atoms with Crippen LogP contribution in [0.5, 0.6) is 5.75 Å². The number of benzene rings is 1. The van der Waals surface area contributed by atoms with Crippen LogP contribution in [0.15, 0.2) is 45.9 Å². The Hall–Kier alpha value is -2.46. The number of para-hydroxylation sites is 1. The topological polar surface area (TPSA) is 97.6 Å². The number of hydrogen-bond donors (Lipinski definition) is 2. The van der Waals surface area contributed by atoms with Gasteiger partial charge in [0.1, 0.15) is 5.75 Å². The molecule has 0 aliphatic heterocycles. The van der Waals surface area contributed by atoms with E-state index in [9.17, 15) is 22.0 Å². The van der Waals surface area contributed by atoms with Crippen LogP contribution in [0.4, 0.5) is 8.78 Å². The molecule has 2 rings (SSSR count). The summed E-state index contributed by atoms with van der Waals surface area (Å²) in [6.45, 7) is -3.09. The summed E-state index contributed by atoms with van der Waals surface area (Å²) >= 11 is 0. The van der Waals surface area contributed by atoms with Crippen LogP contribution in [-0.2, 0) is 16.6 Å². The van der Waals surface area contributed by atoms with Gasteiger partial charge in [-0.05, 0) is 25.2 Å². The first kappa shape index (κ1) is 17.9. The summed E-state index contributed by atoms with van der Waals surface area (Å²) < 4.78 is 59.1. The summed E-state index contributed by atoms with van der Waals surface area (Å²) in [7, 11) is -2.59. The molecule has 0 aliphatic carbocycles. The summed E-state index contributed by atoms with van der Waals surface area (Å²) in [6.07, 6.45) is 0. The van der Waals surface area contributed by atoms with E-state index in [0.717, 1.165) is 6.07 Å². The summed E-state index contributed by atoms with van der Waals surface area (Å²) in [5.74, 6) is -0.985. The Bertz CT molecular complexity index is 820. The summed E-state index contributed by atoms with van der Waals surface area (Å²) in [5, 5.41) is 2.03. The van der Waals surface area contributed by atoms with Crippen molar-refractivity contribution in [1.82, 2.24) is 10.0 Å². The predicted molar refractivity (Wildman–Crippen MR) is 79.2 cm³/mol. The first-order valence-corrected chi connectivity index (χ1v) is 8.16. The predicted octanol–water partition coefficient (Wildman–Crippen LogP) is 1.72. The molecule has 2 aromatic rings. The highest BCUT2D eigenvalue weighted by Gasteiger charge is 2.19. The molecular weight excluding hydrogens is 346 g/mol. The van der Waals surface area contributed by atoms with Crippen LogP contribution in [0, 0.1) is 0 Å². The van der Waals surface area contributed by atoms with Crippen LogP contribution in [0.3, 0.4) is 0 Å². The normalized spacial score (nSPS) is 11.5. The second kappa shape index (κ2) is 7.41. The van der Waals surface area contributed by atoms with Gasteiger partial charge in [-0.15, -0.1) is 0 Å². The highest BCUT2D eigenvalue weighted by molar-refractivity contribution is 7.89. The van der Waals surface area contributed by atoms with E-state index in [2.05, 4.69) is 14.8 Å². The molecule has 0 saturated carbocycles. The third-order valence-corrected chi connectivity index (χ3v) is 4.25. The van der Waals surface area contributed by atoms with Crippen molar-refractivity contribution >= 4 is 15.9 Å². The number of sulfonamides is 1. The minimum absolute atomic E-state index is 0.0642. The van der Waals surface area contributed by atoms with Crippen molar-refractivity contribution in [2.45, 2.75) is 18.2 Å². The third kappa shape index (κ3) is 4.30. The van der Waals surface area contributed by atoms with Gasteiger partial charge in [-0.3, -0.25) is 4.79 Å². The lowest BCUT2D eigenvalue weighted by atomic mass is 10.2. The maximum Gasteiger partial charge on any atom is 0.387 e. The molecule has 24 heavy (non-hydrogen) atoms. The minimum Gasteiger partial charge on any atom is -0.438 e. The van der Waals surface area contributed by atoms with E-state index >= 15 is 0 Å². The lowest BCUT2D eigenvalue weighted by molar-refractivity contribution is -0.0504. The number of carbonyl (C=O) groups is 1. The van der Waals surface area contributed by atoms with Crippen molar-refractivity contribution in [3.05, 3.63) is 47.7 Å². The molecule has 0 atom stereocenters. The van der Waals surface area contributed by atoms with Gasteiger partial charge >= 0.3 is 6.61 Å². The van der Waals surface area contributed by atoms with E-state index in [1.807, 2.05) is 0 Å². The van der Waals surface area contributed by atoms with E-state index < -0.39 is 27.6 Å². The van der Waals surface area contributed by atoms with Crippen molar-refractivity contribution in [2.24, 2.45) is 0 Å². The quantitative estimate of drug-likeness (QED) is 0.784. The molecule has 1 aromatic carbocycles. The highest BCUT2D eigenvalue weighted by Crippen LogP contribution is 2.20. The van der Waals surface area contributed by atoms with Gasteiger partial charge in [-0.1, -0.05) is 18.2 Å². The van der Waals surface area contributed by atoms with E-state index in [1.165, 1.54) is 31.3 Å². The molecule has 0 unspecified atom stereocenters. The minimum atomic E-state index is -3.80. The van der Waals surface area contributed by atoms with Crippen molar-refractivity contribution < 1.29 is 31.1 Å². The molecule has 1 amide bonds. The molecule has 0 saturated heterocycles. The first-order chi connectivity index (χ1) is 11.3. The lowest BCUT2D eigenvalue weighted by Gasteiger charge is -2.10. The molecule has 0 aliphatic rings. The van der Waals surface area contributed by atoms with E-state index in [4.69, 9.17) is 4.42 Å². The summed E-state index contributed by atoms with van der Waals surface area (Å²) in [6, 6.07) is 8.31. The average Bonchev–Trinajstić information content (AvgIpc) is 3.04. The largest absolute Gasteiger partial charge is 0.438 e. The van der Waals surface area contributed by atoms with Crippen LogP contribution in [0.2, 0.25) is 0 Å². The number of rotatable bonds is 7. The first-order valence-electron chi connectivity index (χ1n) is 6.68. The van der Waals surface area contributed by atoms with Crippen LogP contribution in [0.25, 0.3) is 0 Å². The second-order valence-corrected chi connectivity index (χ2v) is 6.31. The van der Waals surface area contributed by atoms with Gasteiger partial charge in [0.2, 0.25) is 5.09 Å². The van der Waals surface area contributed by atoms with Gasteiger partial charge in [0.25, 0.3) is 15.9 Å². The van der Waals surface area contributed by atoms with Crippen molar-refractivity contribution in [3.8, 4) is 5.75 Å². The van der Waals surface area contributed by atoms with Crippen molar-refractivity contribution in [2.75, 3.05) is 7.05 Å². The maximum atomic E-state index is 12.3. The van der Waals surface area contributed by atoms with E-state index in [0.29, 0.717) is 5.56 Å². The smallest absolute Gasteiger partial charge is 0.387 e. The van der Waals surface area contributed by atoms with Crippen LogP contribution < -0.4 is 14.8 Å². The second-order valence-electron chi connectivity index (χ2n) is 4.50. The van der Waals surface area contributed by atoms with Gasteiger partial charge in [-0.2, -0.15) is 8.78 Å². The molecule has 7 nitrogen and oxygen atoms in total. The number of alkyl halides is 2. The van der Waals surface area contributed by atoms with Gasteiger partial charge in [-0.25, -0.2) is 13.1 Å². The Kier molecular flexibility index (Phi) is 5.52. The van der Waals surface area contributed by atoms with Crippen LogP contribution >= 0.6 is 0 Å². The number of nitrogens with one attached hydrogen (secondary N) is 2. The number of furan rings is 1. The molecule has 130 valence electrons. The standard InChI is InChI=1S/C14H14F2N2O5S/c1-17-24(20,21)12-7-6-11(22-12)13(19)18-8-9-4-2-3-5-10(9)23-14(15)16/h2-7,14,17H,8H2,1H3,(H,18,19). The Morgan fingerprint density at radius 1 is 1.25 bits per heavy atom. The highest BCUT2D eigenvalue weighted by atomic mass is 32.2. The van der Waals surface area contributed by atoms with Gasteiger partial charge < -0.3 is 14.5 Å². The monoisotopic (exact) mass is 360 g/mol. The zero-order valence-electron chi connectivity index (χ0n) is 12.5. The third-order valence-electron chi connectivity index (χ3n) is 2.97. The zero-order chi connectivity index (χ0) is 17.7. The molecule has 0 bridgehead atoms. The number of amides is 1. The summed E-state index contributed by atoms with van der Waals surface area (Å²) in [4.78, 5) is 12.0. The Morgan fingerprint density at radius 3 is 2.62 bits per heavy atom. The molecule has 0 spiro atoms. The van der Waals surface area contributed by atoms with Gasteiger partial charge in [0.15, 0.2) is 5.76 Å². The fourth-order valence-electron chi connectivity index (χ4n) is 1.81. The summed E-state index contributed by atoms with van der Waals surface area (Å²) in [5.41, 5.74) is 0.334. The fourth-order valence-corrected chi connectivity index (χ4v) is 2.46. The molecule has 1 heterocycles. The van der Waals surface area contributed by atoms with Gasteiger partial charge in [0.05, 0.1) is 0 Å². The Balaban J connectivity index is 2.07. The number of halogens is 2. The van der Waals surface area contributed by atoms with Gasteiger partial charge in [0, 0.05) is 12.1 Å². The molecule has 10 heteroatoms. The molecule has 2 N–H and O–H groups in total. The lowest BCUT2D eigenvalue weighted by Crippen LogP contribution is -2.23. The molecule has 0 radical (unpaired) electrons. The number of carbonyl (C=O) groups excluding carboxylic acids is 1.